The zero-order valence-electron chi connectivity index (χ0n) is 18.2. The maximum Gasteiger partial charge on any atom is 0.269 e. The van der Waals surface area contributed by atoms with Gasteiger partial charge in [0.1, 0.15) is 5.69 Å². The fraction of sp³-hybridized carbons (Fsp3) is 0.304. The lowest BCUT2D eigenvalue weighted by Crippen LogP contribution is -2.17. The third-order valence-electron chi connectivity index (χ3n) is 4.88. The first-order valence-electron chi connectivity index (χ1n) is 9.74. The second kappa shape index (κ2) is 11.2. The predicted molar refractivity (Wildman–Crippen MR) is 130 cm³/mol. The van der Waals surface area contributed by atoms with Gasteiger partial charge in [0.05, 0.1) is 0 Å². The molecule has 0 atom stereocenters. The molecule has 31 heavy (non-hydrogen) atoms. The minimum Gasteiger partial charge on any atom is -0.364 e. The molecule has 4 N–H and O–H groups in total. The summed E-state index contributed by atoms with van der Waals surface area (Å²) >= 11 is 0. The number of aryl methyl sites for hydroxylation is 2. The van der Waals surface area contributed by atoms with E-state index in [1.807, 2.05) is 13.8 Å². The van der Waals surface area contributed by atoms with Crippen molar-refractivity contribution in [3.8, 4) is 22.4 Å². The van der Waals surface area contributed by atoms with Crippen molar-refractivity contribution in [2.45, 2.75) is 40.7 Å². The van der Waals surface area contributed by atoms with Gasteiger partial charge in [-0.2, -0.15) is 0 Å². The van der Waals surface area contributed by atoms with E-state index in [4.69, 9.17) is 16.5 Å². The zero-order valence-corrected chi connectivity index (χ0v) is 19.8. The van der Waals surface area contributed by atoms with Gasteiger partial charge in [-0.15, -0.1) is 24.8 Å². The summed E-state index contributed by atoms with van der Waals surface area (Å²) < 4.78 is 0. The van der Waals surface area contributed by atoms with Crippen LogP contribution >= 0.6 is 24.8 Å². The van der Waals surface area contributed by atoms with Crippen molar-refractivity contribution < 1.29 is 4.79 Å². The average Bonchev–Trinajstić information content (AvgIpc) is 2.67. The Morgan fingerprint density at radius 2 is 1.61 bits per heavy atom. The lowest BCUT2D eigenvalue weighted by Gasteiger charge is -2.21. The van der Waals surface area contributed by atoms with Gasteiger partial charge in [-0.1, -0.05) is 43.7 Å². The van der Waals surface area contributed by atoms with E-state index in [9.17, 15) is 4.79 Å². The molecular formula is C23H29Cl2N5O. The summed E-state index contributed by atoms with van der Waals surface area (Å²) in [5.74, 6) is -0.190. The topological polar surface area (TPSA) is 108 Å². The van der Waals surface area contributed by atoms with Crippen LogP contribution < -0.4 is 11.5 Å². The lowest BCUT2D eigenvalue weighted by molar-refractivity contribution is 0.0996. The Morgan fingerprint density at radius 1 is 1.00 bits per heavy atom. The molecule has 0 aliphatic rings. The van der Waals surface area contributed by atoms with Crippen molar-refractivity contribution in [3.05, 3.63) is 64.9 Å². The molecule has 1 amide bonds. The number of nitrogens with two attached hydrogens (primary N) is 2. The molecule has 6 nitrogen and oxygen atoms in total. The summed E-state index contributed by atoms with van der Waals surface area (Å²) in [6.07, 6.45) is 3.84. The molecule has 1 aromatic carbocycles. The van der Waals surface area contributed by atoms with Crippen LogP contribution in [0.25, 0.3) is 22.4 Å². The molecule has 2 heterocycles. The highest BCUT2D eigenvalue weighted by Gasteiger charge is 2.24. The van der Waals surface area contributed by atoms with Crippen molar-refractivity contribution >= 4 is 30.7 Å². The molecule has 0 saturated heterocycles. The van der Waals surface area contributed by atoms with Gasteiger partial charge in [0.2, 0.25) is 0 Å². The number of amides is 1. The van der Waals surface area contributed by atoms with Crippen molar-refractivity contribution in [1.29, 1.82) is 0 Å². The molecular weight excluding hydrogens is 433 g/mol. The van der Waals surface area contributed by atoms with Gasteiger partial charge in [-0.05, 0) is 42.9 Å². The van der Waals surface area contributed by atoms with Crippen molar-refractivity contribution in [2.75, 3.05) is 0 Å². The summed E-state index contributed by atoms with van der Waals surface area (Å²) in [7, 11) is 0. The number of carbonyl (C=O) groups excluding carboxylic acids is 1. The van der Waals surface area contributed by atoms with Crippen LogP contribution in [-0.4, -0.2) is 20.9 Å². The van der Waals surface area contributed by atoms with Gasteiger partial charge >= 0.3 is 0 Å². The molecule has 166 valence electrons. The number of hydrogen-bond donors (Lipinski definition) is 2. The van der Waals surface area contributed by atoms with Gasteiger partial charge in [-0.3, -0.25) is 14.8 Å². The van der Waals surface area contributed by atoms with E-state index in [2.05, 4.69) is 48.1 Å². The molecule has 0 spiro atoms. The number of pyridine rings is 1. The zero-order chi connectivity index (χ0) is 21.1. The highest BCUT2D eigenvalue weighted by atomic mass is 35.5. The Kier molecular flexibility index (Phi) is 9.56. The first kappa shape index (κ1) is 26.5. The fourth-order valence-electron chi connectivity index (χ4n) is 3.61. The molecule has 0 bridgehead atoms. The molecule has 0 radical (unpaired) electrons. The van der Waals surface area contributed by atoms with Gasteiger partial charge in [0.25, 0.3) is 5.91 Å². The van der Waals surface area contributed by atoms with E-state index >= 15 is 0 Å². The van der Waals surface area contributed by atoms with E-state index in [0.717, 1.165) is 45.6 Å². The van der Waals surface area contributed by atoms with E-state index in [1.165, 1.54) is 6.20 Å². The van der Waals surface area contributed by atoms with Crippen molar-refractivity contribution in [2.24, 2.45) is 17.4 Å². The second-order valence-corrected chi connectivity index (χ2v) is 7.66. The van der Waals surface area contributed by atoms with Gasteiger partial charge in [-0.25, -0.2) is 4.98 Å². The normalized spacial score (nSPS) is 10.4. The van der Waals surface area contributed by atoms with Crippen LogP contribution in [0.3, 0.4) is 0 Å². The third-order valence-corrected chi connectivity index (χ3v) is 4.88. The maximum atomic E-state index is 12.0. The molecule has 0 saturated carbocycles. The molecule has 3 rings (SSSR count). The Bertz CT molecular complexity index is 1050. The molecule has 3 aromatic rings. The van der Waals surface area contributed by atoms with E-state index < -0.39 is 5.91 Å². The highest BCUT2D eigenvalue weighted by Crippen LogP contribution is 2.38. The highest BCUT2D eigenvalue weighted by molar-refractivity contribution is 6.00. The first-order chi connectivity index (χ1) is 13.8. The summed E-state index contributed by atoms with van der Waals surface area (Å²) in [5.41, 5.74) is 19.0. The van der Waals surface area contributed by atoms with E-state index in [-0.39, 0.29) is 30.5 Å². The summed E-state index contributed by atoms with van der Waals surface area (Å²) in [6.45, 7) is 8.62. The molecule has 0 aliphatic carbocycles. The number of hydrogen-bond acceptors (Lipinski definition) is 5. The van der Waals surface area contributed by atoms with Crippen LogP contribution in [0.2, 0.25) is 0 Å². The lowest BCUT2D eigenvalue weighted by atomic mass is 9.88. The number of halogens is 2. The Labute approximate surface area is 195 Å². The number of aromatic nitrogens is 3. The Morgan fingerprint density at radius 3 is 2.16 bits per heavy atom. The van der Waals surface area contributed by atoms with E-state index in [0.29, 0.717) is 18.2 Å². The largest absolute Gasteiger partial charge is 0.364 e. The SMILES string of the molecule is Cc1ccc(-c2c(CN)c(CC(C)C)nc(C)c2-c2nccnc2C(N)=O)cc1.Cl.Cl. The Hall–Kier alpha value is -2.54. The average molecular weight is 462 g/mol. The van der Waals surface area contributed by atoms with Gasteiger partial charge in [0, 0.05) is 35.9 Å². The molecule has 8 heteroatoms. The van der Waals surface area contributed by atoms with Gasteiger partial charge < -0.3 is 11.5 Å². The van der Waals surface area contributed by atoms with Crippen molar-refractivity contribution in [3.63, 3.8) is 0 Å². The van der Waals surface area contributed by atoms with Crippen LogP contribution in [0.4, 0.5) is 0 Å². The second-order valence-electron chi connectivity index (χ2n) is 7.66. The first-order valence-corrected chi connectivity index (χ1v) is 9.74. The molecule has 2 aromatic heterocycles. The smallest absolute Gasteiger partial charge is 0.269 e. The molecule has 0 aliphatic heterocycles. The van der Waals surface area contributed by atoms with Crippen LogP contribution in [0, 0.1) is 19.8 Å². The quantitative estimate of drug-likeness (QED) is 0.564. The fourth-order valence-corrected chi connectivity index (χ4v) is 3.61. The minimum atomic E-state index is -0.622. The Balaban J connectivity index is 0.00000240. The summed E-state index contributed by atoms with van der Waals surface area (Å²) in [6, 6.07) is 8.24. The monoisotopic (exact) mass is 461 g/mol. The summed E-state index contributed by atoms with van der Waals surface area (Å²) in [4.78, 5) is 25.5. The summed E-state index contributed by atoms with van der Waals surface area (Å²) in [5, 5.41) is 0. The standard InChI is InChI=1S/C23H27N5O.2ClH/c1-13(2)11-18-17(12-24)20(16-7-5-14(3)6-8-16)19(15(4)28-18)21-22(23(25)29)27-10-9-26-21;;/h5-10,13H,11-12,24H2,1-4H3,(H2,25,29);2*1H. The number of benzene rings is 1. The molecule has 0 fully saturated rings. The van der Waals surface area contributed by atoms with Gasteiger partial charge in [0.15, 0.2) is 5.69 Å². The van der Waals surface area contributed by atoms with E-state index in [1.54, 1.807) is 6.20 Å². The van der Waals surface area contributed by atoms with Crippen molar-refractivity contribution in [1.82, 2.24) is 15.0 Å². The number of primary amides is 1. The number of nitrogens with zero attached hydrogens (tertiary/aromatic N) is 3. The number of rotatable bonds is 6. The predicted octanol–water partition coefficient (Wildman–Crippen LogP) is 4.42. The molecule has 0 unspecified atom stereocenters. The van der Waals surface area contributed by atoms with Crippen LogP contribution in [0.15, 0.2) is 36.7 Å². The van der Waals surface area contributed by atoms with Crippen LogP contribution in [-0.2, 0) is 13.0 Å². The van der Waals surface area contributed by atoms with Crippen LogP contribution in [0.5, 0.6) is 0 Å². The third kappa shape index (κ3) is 5.58. The number of carbonyl (C=O) groups is 1. The van der Waals surface area contributed by atoms with Crippen LogP contribution in [0.1, 0.15) is 46.9 Å². The maximum absolute atomic E-state index is 12.0. The minimum absolute atomic E-state index is 0.